The molecular formula is C18H33N3O3. The average Bonchev–Trinajstić information content (AvgIpc) is 3.04. The van der Waals surface area contributed by atoms with Gasteiger partial charge in [0, 0.05) is 33.1 Å². The maximum atomic E-state index is 12.6. The molecule has 2 amide bonds. The van der Waals surface area contributed by atoms with Crippen molar-refractivity contribution in [3.05, 3.63) is 0 Å². The molecule has 6 heteroatoms. The molecule has 0 aromatic rings. The van der Waals surface area contributed by atoms with Gasteiger partial charge in [-0.05, 0) is 24.7 Å². The number of hydrogen-bond acceptors (Lipinski definition) is 4. The third-order valence-corrected chi connectivity index (χ3v) is 4.86. The van der Waals surface area contributed by atoms with Gasteiger partial charge in [0.2, 0.25) is 11.8 Å². The fourth-order valence-corrected chi connectivity index (χ4v) is 3.82. The molecule has 24 heavy (non-hydrogen) atoms. The van der Waals surface area contributed by atoms with E-state index in [1.807, 2.05) is 0 Å². The molecule has 2 rings (SSSR count). The number of morpholine rings is 1. The van der Waals surface area contributed by atoms with Crippen LogP contribution in [0.3, 0.4) is 0 Å². The van der Waals surface area contributed by atoms with E-state index in [-0.39, 0.29) is 23.8 Å². The summed E-state index contributed by atoms with van der Waals surface area (Å²) in [5.74, 6) is 0.684. The Bertz CT molecular complexity index is 422. The summed E-state index contributed by atoms with van der Waals surface area (Å²) in [5, 5.41) is 5.85. The summed E-state index contributed by atoms with van der Waals surface area (Å²) in [6.07, 6.45) is 4.34. The van der Waals surface area contributed by atoms with E-state index in [0.717, 1.165) is 45.3 Å². The lowest BCUT2D eigenvalue weighted by molar-refractivity contribution is -0.130. The minimum absolute atomic E-state index is 0.0306. The molecule has 2 unspecified atom stereocenters. The number of hydrogen-bond donors (Lipinski definition) is 2. The normalized spacial score (nSPS) is 24.1. The fraction of sp³-hybridized carbons (Fsp3) is 0.889. The fourth-order valence-electron chi connectivity index (χ4n) is 3.82. The van der Waals surface area contributed by atoms with Crippen molar-refractivity contribution in [1.29, 1.82) is 0 Å². The van der Waals surface area contributed by atoms with Crippen LogP contribution in [-0.2, 0) is 14.3 Å². The van der Waals surface area contributed by atoms with Crippen LogP contribution in [0.4, 0.5) is 0 Å². The summed E-state index contributed by atoms with van der Waals surface area (Å²) < 4.78 is 5.78. The second-order valence-corrected chi connectivity index (χ2v) is 7.61. The molecule has 1 heterocycles. The molecular weight excluding hydrogens is 306 g/mol. The summed E-state index contributed by atoms with van der Waals surface area (Å²) in [4.78, 5) is 26.4. The van der Waals surface area contributed by atoms with Crippen molar-refractivity contribution in [2.45, 2.75) is 58.6 Å². The van der Waals surface area contributed by atoms with E-state index in [1.54, 1.807) is 0 Å². The van der Waals surface area contributed by atoms with E-state index in [0.29, 0.717) is 19.1 Å². The zero-order valence-corrected chi connectivity index (χ0v) is 15.3. The minimum Gasteiger partial charge on any atom is -0.374 e. The number of ether oxygens (including phenoxy) is 1. The second-order valence-electron chi connectivity index (χ2n) is 7.61. The summed E-state index contributed by atoms with van der Waals surface area (Å²) in [6, 6.07) is -0.402. The summed E-state index contributed by atoms with van der Waals surface area (Å²) in [7, 11) is 0. The molecule has 0 aromatic carbocycles. The van der Waals surface area contributed by atoms with Gasteiger partial charge in [0.05, 0.1) is 12.7 Å². The van der Waals surface area contributed by atoms with Crippen molar-refractivity contribution < 1.29 is 14.3 Å². The topological polar surface area (TPSA) is 70.7 Å². The van der Waals surface area contributed by atoms with Crippen molar-refractivity contribution in [1.82, 2.24) is 15.5 Å². The van der Waals surface area contributed by atoms with Crippen molar-refractivity contribution in [3.63, 3.8) is 0 Å². The first-order chi connectivity index (χ1) is 11.5. The highest BCUT2D eigenvalue weighted by Crippen LogP contribution is 2.27. The van der Waals surface area contributed by atoms with Gasteiger partial charge in [-0.25, -0.2) is 0 Å². The summed E-state index contributed by atoms with van der Waals surface area (Å²) in [5.41, 5.74) is 0. The Labute approximate surface area is 145 Å². The first kappa shape index (κ1) is 19.2. The lowest BCUT2D eigenvalue weighted by Crippen LogP contribution is -2.53. The molecule has 1 saturated heterocycles. The number of carbonyl (C=O) groups excluding carboxylic acids is 2. The molecule has 0 spiro atoms. The van der Waals surface area contributed by atoms with Gasteiger partial charge in [0.1, 0.15) is 6.04 Å². The van der Waals surface area contributed by atoms with Crippen LogP contribution < -0.4 is 10.6 Å². The predicted molar refractivity (Wildman–Crippen MR) is 93.6 cm³/mol. The Morgan fingerprint density at radius 1 is 1.25 bits per heavy atom. The standard InChI is InChI=1S/C18H33N3O3/c1-13(2)11-21-8-9-24-16(12-21)10-19-18(23)17(20-14(3)22)15-6-4-5-7-15/h13,15-17H,4-12H2,1-3H3,(H,19,23)(H,20,22). The molecule has 2 N–H and O–H groups in total. The van der Waals surface area contributed by atoms with E-state index in [1.165, 1.54) is 6.92 Å². The minimum atomic E-state index is -0.402. The maximum absolute atomic E-state index is 12.6. The SMILES string of the molecule is CC(=O)NC(C(=O)NCC1CN(CC(C)C)CCO1)C1CCCC1. The Morgan fingerprint density at radius 2 is 1.96 bits per heavy atom. The molecule has 138 valence electrons. The number of nitrogens with zero attached hydrogens (tertiary/aromatic N) is 1. The van der Waals surface area contributed by atoms with Crippen molar-refractivity contribution in [3.8, 4) is 0 Å². The highest BCUT2D eigenvalue weighted by molar-refractivity contribution is 5.87. The molecule has 1 aliphatic carbocycles. The monoisotopic (exact) mass is 339 g/mol. The zero-order chi connectivity index (χ0) is 17.5. The third-order valence-electron chi connectivity index (χ3n) is 4.86. The predicted octanol–water partition coefficient (Wildman–Crippen LogP) is 1.15. The van der Waals surface area contributed by atoms with E-state index in [9.17, 15) is 9.59 Å². The highest BCUT2D eigenvalue weighted by atomic mass is 16.5. The van der Waals surface area contributed by atoms with Crippen LogP contribution in [0.15, 0.2) is 0 Å². The lowest BCUT2D eigenvalue weighted by Gasteiger charge is -2.34. The van der Waals surface area contributed by atoms with Crippen LogP contribution in [0.5, 0.6) is 0 Å². The Morgan fingerprint density at radius 3 is 2.58 bits per heavy atom. The second kappa shape index (κ2) is 9.37. The molecule has 6 nitrogen and oxygen atoms in total. The molecule has 2 aliphatic rings. The Hall–Kier alpha value is -1.14. The Balaban J connectivity index is 1.82. The van der Waals surface area contributed by atoms with Crippen LogP contribution in [0.25, 0.3) is 0 Å². The van der Waals surface area contributed by atoms with Crippen LogP contribution in [0, 0.1) is 11.8 Å². The molecule has 0 aromatic heterocycles. The van der Waals surface area contributed by atoms with Gasteiger partial charge in [-0.15, -0.1) is 0 Å². The summed E-state index contributed by atoms with van der Waals surface area (Å²) in [6.45, 7) is 10.00. The molecule has 2 atom stereocenters. The van der Waals surface area contributed by atoms with E-state index in [2.05, 4.69) is 29.4 Å². The van der Waals surface area contributed by atoms with Crippen molar-refractivity contribution in [2.24, 2.45) is 11.8 Å². The van der Waals surface area contributed by atoms with Gasteiger partial charge in [0.25, 0.3) is 0 Å². The highest BCUT2D eigenvalue weighted by Gasteiger charge is 2.32. The molecule has 1 saturated carbocycles. The summed E-state index contributed by atoms with van der Waals surface area (Å²) >= 11 is 0. The van der Waals surface area contributed by atoms with Gasteiger partial charge >= 0.3 is 0 Å². The average molecular weight is 339 g/mol. The van der Waals surface area contributed by atoms with Crippen LogP contribution in [-0.4, -0.2) is 61.6 Å². The van der Waals surface area contributed by atoms with Crippen LogP contribution >= 0.6 is 0 Å². The van der Waals surface area contributed by atoms with E-state index in [4.69, 9.17) is 4.74 Å². The Kier molecular flexibility index (Phi) is 7.49. The maximum Gasteiger partial charge on any atom is 0.242 e. The molecule has 0 bridgehead atoms. The zero-order valence-electron chi connectivity index (χ0n) is 15.3. The van der Waals surface area contributed by atoms with E-state index >= 15 is 0 Å². The first-order valence-corrected chi connectivity index (χ1v) is 9.34. The molecule has 2 fully saturated rings. The van der Waals surface area contributed by atoms with Crippen molar-refractivity contribution >= 4 is 11.8 Å². The smallest absolute Gasteiger partial charge is 0.242 e. The van der Waals surface area contributed by atoms with Gasteiger partial charge in [-0.3, -0.25) is 14.5 Å². The number of amides is 2. The van der Waals surface area contributed by atoms with Gasteiger partial charge in [-0.2, -0.15) is 0 Å². The van der Waals surface area contributed by atoms with Gasteiger partial charge in [-0.1, -0.05) is 26.7 Å². The largest absolute Gasteiger partial charge is 0.374 e. The third kappa shape index (κ3) is 6.06. The van der Waals surface area contributed by atoms with Crippen LogP contribution in [0.2, 0.25) is 0 Å². The van der Waals surface area contributed by atoms with Gasteiger partial charge in [0.15, 0.2) is 0 Å². The van der Waals surface area contributed by atoms with Crippen molar-refractivity contribution in [2.75, 3.05) is 32.8 Å². The quantitative estimate of drug-likeness (QED) is 0.730. The number of carbonyl (C=O) groups is 2. The van der Waals surface area contributed by atoms with Crippen LogP contribution in [0.1, 0.15) is 46.5 Å². The number of rotatable bonds is 7. The van der Waals surface area contributed by atoms with Gasteiger partial charge < -0.3 is 15.4 Å². The first-order valence-electron chi connectivity index (χ1n) is 9.34. The lowest BCUT2D eigenvalue weighted by atomic mass is 9.97. The van der Waals surface area contributed by atoms with E-state index < -0.39 is 6.04 Å². The molecule has 1 aliphatic heterocycles. The number of nitrogens with one attached hydrogen (secondary N) is 2. The molecule has 0 radical (unpaired) electrons.